The van der Waals surface area contributed by atoms with Crippen LogP contribution in [0.2, 0.25) is 0 Å². The van der Waals surface area contributed by atoms with E-state index in [2.05, 4.69) is 10.4 Å². The Hall–Kier alpha value is -1.36. The van der Waals surface area contributed by atoms with Gasteiger partial charge in [-0.1, -0.05) is 0 Å². The van der Waals surface area contributed by atoms with Crippen molar-refractivity contribution in [2.24, 2.45) is 0 Å². The maximum atomic E-state index is 11.7. The van der Waals surface area contributed by atoms with Crippen molar-refractivity contribution in [3.05, 3.63) is 22.6 Å². The summed E-state index contributed by atoms with van der Waals surface area (Å²) in [4.78, 5) is 11.7. The number of anilines is 1. The van der Waals surface area contributed by atoms with Crippen molar-refractivity contribution in [2.45, 2.75) is 38.3 Å². The maximum Gasteiger partial charge on any atom is 0.268 e. The largest absolute Gasteiger partial charge is 0.385 e. The summed E-state index contributed by atoms with van der Waals surface area (Å²) in [5.41, 5.74) is 0.804. The molecular weight excluding hydrogens is 218 g/mol. The van der Waals surface area contributed by atoms with E-state index in [1.54, 1.807) is 19.4 Å². The highest BCUT2D eigenvalue weighted by Gasteiger charge is 2.20. The van der Waals surface area contributed by atoms with Crippen LogP contribution in [-0.4, -0.2) is 29.5 Å². The van der Waals surface area contributed by atoms with E-state index >= 15 is 0 Å². The van der Waals surface area contributed by atoms with Gasteiger partial charge in [-0.15, -0.1) is 0 Å². The number of nitrogens with zero attached hydrogens (tertiary/aromatic N) is 2. The van der Waals surface area contributed by atoms with E-state index in [0.29, 0.717) is 12.6 Å². The molecule has 2 rings (SSSR count). The number of aromatic nitrogens is 2. The van der Waals surface area contributed by atoms with E-state index in [1.165, 1.54) is 17.5 Å². The topological polar surface area (TPSA) is 56.1 Å². The number of nitrogens with one attached hydrogen (secondary N) is 1. The first-order chi connectivity index (χ1) is 8.29. The second-order valence-electron chi connectivity index (χ2n) is 4.42. The smallest absolute Gasteiger partial charge is 0.268 e. The van der Waals surface area contributed by atoms with Gasteiger partial charge in [0.1, 0.15) is 0 Å². The summed E-state index contributed by atoms with van der Waals surface area (Å²) in [6.45, 7) is 1.39. The van der Waals surface area contributed by atoms with E-state index in [-0.39, 0.29) is 5.56 Å². The maximum absolute atomic E-state index is 11.7. The Morgan fingerprint density at radius 1 is 1.53 bits per heavy atom. The highest BCUT2D eigenvalue weighted by Crippen LogP contribution is 2.23. The molecule has 0 saturated heterocycles. The molecule has 0 spiro atoms. The Morgan fingerprint density at radius 3 is 3.00 bits per heavy atom. The monoisotopic (exact) mass is 237 g/mol. The Balaban J connectivity index is 1.87. The van der Waals surface area contributed by atoms with Gasteiger partial charge in [-0.3, -0.25) is 4.79 Å². The highest BCUT2D eigenvalue weighted by atomic mass is 16.5. The lowest BCUT2D eigenvalue weighted by molar-refractivity contribution is 0.190. The molecule has 0 bridgehead atoms. The van der Waals surface area contributed by atoms with Crippen LogP contribution in [0.15, 0.2) is 17.1 Å². The third-order valence-electron chi connectivity index (χ3n) is 2.79. The van der Waals surface area contributed by atoms with E-state index in [9.17, 15) is 4.79 Å². The summed E-state index contributed by atoms with van der Waals surface area (Å²) in [5.74, 6) is 0. The molecule has 1 N–H and O–H groups in total. The van der Waals surface area contributed by atoms with Crippen molar-refractivity contribution in [2.75, 3.05) is 19.0 Å². The number of methoxy groups -OCH3 is 1. The fraction of sp³-hybridized carbons (Fsp3) is 0.667. The van der Waals surface area contributed by atoms with Crippen LogP contribution in [0.4, 0.5) is 5.69 Å². The van der Waals surface area contributed by atoms with Gasteiger partial charge in [0.15, 0.2) is 0 Å². The van der Waals surface area contributed by atoms with Gasteiger partial charge in [0.05, 0.1) is 11.9 Å². The second kappa shape index (κ2) is 5.82. The van der Waals surface area contributed by atoms with Crippen LogP contribution >= 0.6 is 0 Å². The van der Waals surface area contributed by atoms with Crippen LogP contribution in [0.5, 0.6) is 0 Å². The summed E-state index contributed by atoms with van der Waals surface area (Å²) in [5, 5.41) is 7.42. The van der Waals surface area contributed by atoms with Crippen LogP contribution in [-0.2, 0) is 11.3 Å². The normalized spacial score (nSPS) is 14.9. The van der Waals surface area contributed by atoms with Crippen LogP contribution in [0, 0.1) is 0 Å². The van der Waals surface area contributed by atoms with Gasteiger partial charge in [-0.05, 0) is 25.7 Å². The van der Waals surface area contributed by atoms with Gasteiger partial charge in [0, 0.05) is 32.4 Å². The molecular formula is C12H19N3O2. The molecule has 5 nitrogen and oxygen atoms in total. The van der Waals surface area contributed by atoms with Gasteiger partial charge in [0.25, 0.3) is 5.56 Å². The Kier molecular flexibility index (Phi) is 4.14. The molecule has 1 aromatic rings. The fourth-order valence-electron chi connectivity index (χ4n) is 1.65. The zero-order chi connectivity index (χ0) is 12.1. The molecule has 1 saturated carbocycles. The van der Waals surface area contributed by atoms with Crippen molar-refractivity contribution in [1.82, 2.24) is 9.78 Å². The summed E-state index contributed by atoms with van der Waals surface area (Å²) < 4.78 is 6.47. The molecule has 0 amide bonds. The molecule has 5 heteroatoms. The van der Waals surface area contributed by atoms with Crippen molar-refractivity contribution in [3.63, 3.8) is 0 Å². The van der Waals surface area contributed by atoms with Crippen molar-refractivity contribution in [1.29, 1.82) is 0 Å². The van der Waals surface area contributed by atoms with Gasteiger partial charge in [0.2, 0.25) is 0 Å². The standard InChI is InChI=1S/C12H19N3O2/c1-17-7-3-2-6-15-12(16)8-11(9-13-15)14-10-4-5-10/h8-10,14H,2-7H2,1H3. The van der Waals surface area contributed by atoms with E-state index < -0.39 is 0 Å². The number of aryl methyl sites for hydroxylation is 1. The Morgan fingerprint density at radius 2 is 2.35 bits per heavy atom. The molecule has 1 aliphatic rings. The molecule has 0 radical (unpaired) electrons. The Labute approximate surface area is 101 Å². The van der Waals surface area contributed by atoms with E-state index in [0.717, 1.165) is 25.1 Å². The van der Waals surface area contributed by atoms with Crippen LogP contribution in [0.3, 0.4) is 0 Å². The summed E-state index contributed by atoms with van der Waals surface area (Å²) in [6, 6.07) is 2.18. The van der Waals surface area contributed by atoms with Gasteiger partial charge < -0.3 is 10.1 Å². The first-order valence-electron chi connectivity index (χ1n) is 6.12. The minimum atomic E-state index is -0.0342. The molecule has 0 atom stereocenters. The van der Waals surface area contributed by atoms with Crippen molar-refractivity contribution in [3.8, 4) is 0 Å². The molecule has 0 aromatic carbocycles. The highest BCUT2D eigenvalue weighted by molar-refractivity contribution is 5.41. The number of unbranched alkanes of at least 4 members (excludes halogenated alkanes) is 1. The van der Waals surface area contributed by atoms with Crippen molar-refractivity contribution < 1.29 is 4.74 Å². The minimum absolute atomic E-state index is 0.0342. The van der Waals surface area contributed by atoms with Crippen LogP contribution < -0.4 is 10.9 Å². The predicted octanol–water partition coefficient (Wildman–Crippen LogP) is 1.24. The molecule has 1 heterocycles. The number of ether oxygens (including phenoxy) is 1. The minimum Gasteiger partial charge on any atom is -0.385 e. The van der Waals surface area contributed by atoms with E-state index in [1.807, 2.05) is 0 Å². The van der Waals surface area contributed by atoms with Gasteiger partial charge >= 0.3 is 0 Å². The lowest BCUT2D eigenvalue weighted by Gasteiger charge is -2.07. The van der Waals surface area contributed by atoms with Crippen LogP contribution in [0.25, 0.3) is 0 Å². The lowest BCUT2D eigenvalue weighted by atomic mass is 10.3. The molecule has 0 aliphatic heterocycles. The number of rotatable bonds is 7. The molecule has 1 aliphatic carbocycles. The Bertz CT molecular complexity index is 412. The zero-order valence-corrected chi connectivity index (χ0v) is 10.2. The first-order valence-corrected chi connectivity index (χ1v) is 6.12. The third kappa shape index (κ3) is 3.85. The predicted molar refractivity (Wildman–Crippen MR) is 66.3 cm³/mol. The fourth-order valence-corrected chi connectivity index (χ4v) is 1.65. The van der Waals surface area contributed by atoms with Gasteiger partial charge in [-0.25, -0.2) is 4.68 Å². The quantitative estimate of drug-likeness (QED) is 0.725. The number of hydrogen-bond donors (Lipinski definition) is 1. The summed E-state index contributed by atoms with van der Waals surface area (Å²) in [6.07, 6.45) is 5.99. The summed E-state index contributed by atoms with van der Waals surface area (Å²) in [7, 11) is 1.68. The molecule has 1 aromatic heterocycles. The molecule has 94 valence electrons. The average Bonchev–Trinajstić information content (AvgIpc) is 3.11. The average molecular weight is 237 g/mol. The zero-order valence-electron chi connectivity index (χ0n) is 10.2. The lowest BCUT2D eigenvalue weighted by Crippen LogP contribution is -2.23. The van der Waals surface area contributed by atoms with Crippen LogP contribution in [0.1, 0.15) is 25.7 Å². The number of hydrogen-bond acceptors (Lipinski definition) is 4. The second-order valence-corrected chi connectivity index (χ2v) is 4.42. The molecule has 17 heavy (non-hydrogen) atoms. The SMILES string of the molecule is COCCCCn1ncc(NC2CC2)cc1=O. The van der Waals surface area contributed by atoms with Gasteiger partial charge in [-0.2, -0.15) is 5.10 Å². The van der Waals surface area contributed by atoms with Crippen molar-refractivity contribution >= 4 is 5.69 Å². The van der Waals surface area contributed by atoms with E-state index in [4.69, 9.17) is 4.74 Å². The first kappa shape index (κ1) is 12.1. The molecule has 1 fully saturated rings. The molecule has 0 unspecified atom stereocenters. The summed E-state index contributed by atoms with van der Waals surface area (Å²) >= 11 is 0. The third-order valence-corrected chi connectivity index (χ3v) is 2.79.